The fourth-order valence-corrected chi connectivity index (χ4v) is 2.00. The van der Waals surface area contributed by atoms with Gasteiger partial charge in [0.2, 0.25) is 0 Å². The first-order valence-electron chi connectivity index (χ1n) is 6.45. The number of nitrogens with zero attached hydrogens (tertiary/aromatic N) is 1. The second-order valence-corrected chi connectivity index (χ2v) is 4.39. The molecule has 1 rings (SSSR count). The average Bonchev–Trinajstić information content (AvgIpc) is 2.45. The van der Waals surface area contributed by atoms with Gasteiger partial charge in [-0.1, -0.05) is 0 Å². The Morgan fingerprint density at radius 3 is 2.43 bits per heavy atom. The van der Waals surface area contributed by atoms with E-state index in [2.05, 4.69) is 0 Å². The number of ether oxygens (including phenoxy) is 3. The van der Waals surface area contributed by atoms with Crippen LogP contribution < -0.4 is 0 Å². The van der Waals surface area contributed by atoms with E-state index in [1.165, 1.54) is 20.3 Å². The molecular weight excluding hydrogens is 278 g/mol. The van der Waals surface area contributed by atoms with Crippen LogP contribution in [0.3, 0.4) is 0 Å². The Bertz CT molecular complexity index is 524. The van der Waals surface area contributed by atoms with Crippen LogP contribution in [0.15, 0.2) is 12.1 Å². The van der Waals surface area contributed by atoms with Crippen LogP contribution in [0.5, 0.6) is 0 Å². The molecule has 0 saturated carbocycles. The van der Waals surface area contributed by atoms with Crippen molar-refractivity contribution < 1.29 is 23.9 Å². The Balaban J connectivity index is 3.38. The highest BCUT2D eigenvalue weighted by atomic mass is 16.7. The number of carbonyl (C=O) groups excluding carboxylic acids is 1. The highest BCUT2D eigenvalue weighted by Crippen LogP contribution is 2.27. The van der Waals surface area contributed by atoms with Crippen molar-refractivity contribution in [3.8, 4) is 0 Å². The lowest BCUT2D eigenvalue weighted by atomic mass is 9.99. The lowest BCUT2D eigenvalue weighted by Crippen LogP contribution is -2.20. The van der Waals surface area contributed by atoms with Crippen molar-refractivity contribution in [1.29, 1.82) is 0 Å². The molecule has 0 aromatic heterocycles. The van der Waals surface area contributed by atoms with E-state index in [1.54, 1.807) is 19.9 Å². The van der Waals surface area contributed by atoms with E-state index < -0.39 is 17.2 Å². The Morgan fingerprint density at radius 2 is 1.95 bits per heavy atom. The van der Waals surface area contributed by atoms with Gasteiger partial charge in [-0.25, -0.2) is 4.79 Å². The van der Waals surface area contributed by atoms with Gasteiger partial charge in [-0.2, -0.15) is 0 Å². The zero-order chi connectivity index (χ0) is 16.0. The van der Waals surface area contributed by atoms with Gasteiger partial charge in [0.1, 0.15) is 0 Å². The smallest absolute Gasteiger partial charge is 0.338 e. The predicted molar refractivity (Wildman–Crippen MR) is 75.3 cm³/mol. The molecular formula is C14H19NO6. The summed E-state index contributed by atoms with van der Waals surface area (Å²) in [6.07, 6.45) is -0.600. The van der Waals surface area contributed by atoms with Crippen LogP contribution in [0.4, 0.5) is 5.69 Å². The molecule has 21 heavy (non-hydrogen) atoms. The zero-order valence-corrected chi connectivity index (χ0v) is 12.5. The topological polar surface area (TPSA) is 87.9 Å². The van der Waals surface area contributed by atoms with Gasteiger partial charge in [0.15, 0.2) is 6.29 Å². The standard InChI is InChI=1S/C14H19NO6/c1-5-21-14(16)11-6-9(2)7-12(15(17)18)10(11)8-13(19-3)20-4/h6-7,13H,5,8H2,1-4H3. The minimum absolute atomic E-state index is 0.0811. The number of aryl methyl sites for hydroxylation is 1. The normalized spacial score (nSPS) is 10.7. The van der Waals surface area contributed by atoms with Gasteiger partial charge < -0.3 is 14.2 Å². The highest BCUT2D eigenvalue weighted by molar-refractivity contribution is 5.92. The second kappa shape index (κ2) is 7.70. The van der Waals surface area contributed by atoms with Gasteiger partial charge in [-0.05, 0) is 25.5 Å². The monoisotopic (exact) mass is 297 g/mol. The van der Waals surface area contributed by atoms with Crippen LogP contribution >= 0.6 is 0 Å². The molecule has 0 heterocycles. The quantitative estimate of drug-likeness (QED) is 0.332. The maximum Gasteiger partial charge on any atom is 0.338 e. The molecule has 0 N–H and O–H groups in total. The third kappa shape index (κ3) is 4.24. The summed E-state index contributed by atoms with van der Waals surface area (Å²) < 4.78 is 15.1. The van der Waals surface area contributed by atoms with Crippen LogP contribution in [-0.2, 0) is 20.6 Å². The first kappa shape index (κ1) is 17.1. The number of nitro groups is 1. The summed E-state index contributed by atoms with van der Waals surface area (Å²) in [4.78, 5) is 22.7. The Labute approximate surface area is 123 Å². The third-order valence-corrected chi connectivity index (χ3v) is 2.96. The zero-order valence-electron chi connectivity index (χ0n) is 12.5. The number of carbonyl (C=O) groups is 1. The number of rotatable bonds is 7. The average molecular weight is 297 g/mol. The summed E-state index contributed by atoms with van der Waals surface area (Å²) in [6, 6.07) is 2.99. The third-order valence-electron chi connectivity index (χ3n) is 2.96. The fourth-order valence-electron chi connectivity index (χ4n) is 2.00. The molecule has 1 aromatic carbocycles. The van der Waals surface area contributed by atoms with E-state index in [-0.39, 0.29) is 29.8 Å². The Hall–Kier alpha value is -1.99. The van der Waals surface area contributed by atoms with Crippen LogP contribution in [-0.4, -0.2) is 38.0 Å². The molecule has 0 aliphatic heterocycles. The molecule has 1 aromatic rings. The lowest BCUT2D eigenvalue weighted by Gasteiger charge is -2.16. The lowest BCUT2D eigenvalue weighted by molar-refractivity contribution is -0.385. The van der Waals surface area contributed by atoms with Crippen LogP contribution in [0.2, 0.25) is 0 Å². The van der Waals surface area contributed by atoms with Gasteiger partial charge in [0, 0.05) is 32.3 Å². The number of hydrogen-bond donors (Lipinski definition) is 0. The van der Waals surface area contributed by atoms with Crippen molar-refractivity contribution in [3.63, 3.8) is 0 Å². The van der Waals surface area contributed by atoms with Crippen LogP contribution in [0.1, 0.15) is 28.4 Å². The molecule has 0 atom stereocenters. The number of methoxy groups -OCH3 is 2. The Kier molecular flexibility index (Phi) is 6.26. The van der Waals surface area contributed by atoms with Crippen molar-refractivity contribution >= 4 is 11.7 Å². The van der Waals surface area contributed by atoms with E-state index in [0.717, 1.165) is 0 Å². The second-order valence-electron chi connectivity index (χ2n) is 4.39. The SMILES string of the molecule is CCOC(=O)c1cc(C)cc([N+](=O)[O-])c1CC(OC)OC. The molecule has 0 radical (unpaired) electrons. The van der Waals surface area contributed by atoms with Crippen molar-refractivity contribution in [3.05, 3.63) is 38.9 Å². The van der Waals surface area contributed by atoms with E-state index in [0.29, 0.717) is 5.56 Å². The summed E-state index contributed by atoms with van der Waals surface area (Å²) in [7, 11) is 2.86. The molecule has 116 valence electrons. The summed E-state index contributed by atoms with van der Waals surface area (Å²) in [5.74, 6) is -0.592. The molecule has 0 amide bonds. The molecule has 0 fully saturated rings. The molecule has 0 aliphatic rings. The number of esters is 1. The van der Waals surface area contributed by atoms with E-state index in [4.69, 9.17) is 14.2 Å². The van der Waals surface area contributed by atoms with Crippen molar-refractivity contribution in [2.24, 2.45) is 0 Å². The molecule has 0 spiro atoms. The van der Waals surface area contributed by atoms with Gasteiger partial charge >= 0.3 is 5.97 Å². The number of benzene rings is 1. The molecule has 0 aliphatic carbocycles. The molecule has 0 unspecified atom stereocenters. The highest BCUT2D eigenvalue weighted by Gasteiger charge is 2.26. The van der Waals surface area contributed by atoms with Crippen molar-refractivity contribution in [2.45, 2.75) is 26.6 Å². The summed E-state index contributed by atoms with van der Waals surface area (Å²) in [6.45, 7) is 3.55. The minimum atomic E-state index is -0.681. The number of nitro benzene ring substituents is 1. The molecule has 7 nitrogen and oxygen atoms in total. The minimum Gasteiger partial charge on any atom is -0.462 e. The summed E-state index contributed by atoms with van der Waals surface area (Å²) in [5.41, 5.74) is 0.887. The maximum absolute atomic E-state index is 12.0. The fraction of sp³-hybridized carbons (Fsp3) is 0.500. The van der Waals surface area contributed by atoms with E-state index in [9.17, 15) is 14.9 Å². The maximum atomic E-state index is 12.0. The molecule has 7 heteroatoms. The van der Waals surface area contributed by atoms with Gasteiger partial charge in [-0.3, -0.25) is 10.1 Å². The van der Waals surface area contributed by atoms with Crippen molar-refractivity contribution in [1.82, 2.24) is 0 Å². The summed E-state index contributed by atoms with van der Waals surface area (Å²) in [5, 5.41) is 11.2. The van der Waals surface area contributed by atoms with Gasteiger partial charge in [0.05, 0.1) is 17.1 Å². The largest absolute Gasteiger partial charge is 0.462 e. The van der Waals surface area contributed by atoms with Crippen LogP contribution in [0, 0.1) is 17.0 Å². The molecule has 0 saturated heterocycles. The first-order chi connectivity index (χ1) is 9.94. The van der Waals surface area contributed by atoms with E-state index in [1.807, 2.05) is 0 Å². The van der Waals surface area contributed by atoms with Gasteiger partial charge in [-0.15, -0.1) is 0 Å². The first-order valence-corrected chi connectivity index (χ1v) is 6.45. The number of hydrogen-bond acceptors (Lipinski definition) is 6. The van der Waals surface area contributed by atoms with Crippen molar-refractivity contribution in [2.75, 3.05) is 20.8 Å². The van der Waals surface area contributed by atoms with Gasteiger partial charge in [0.25, 0.3) is 5.69 Å². The Morgan fingerprint density at radius 1 is 1.33 bits per heavy atom. The van der Waals surface area contributed by atoms with Crippen LogP contribution in [0.25, 0.3) is 0 Å². The summed E-state index contributed by atoms with van der Waals surface area (Å²) >= 11 is 0. The predicted octanol–water partition coefficient (Wildman–Crippen LogP) is 2.24. The molecule has 0 bridgehead atoms. The van der Waals surface area contributed by atoms with E-state index >= 15 is 0 Å².